The third-order valence-corrected chi connectivity index (χ3v) is 8.13. The molecule has 0 aliphatic heterocycles. The van der Waals surface area contributed by atoms with E-state index in [9.17, 15) is 40.0 Å². The fourth-order valence-electron chi connectivity index (χ4n) is 4.69. The number of hydrogen-bond donors (Lipinski definition) is 1. The number of ketones is 1. The van der Waals surface area contributed by atoms with E-state index in [0.717, 1.165) is 17.5 Å². The average molecular weight is 637 g/mol. The van der Waals surface area contributed by atoms with Gasteiger partial charge >= 0.3 is 6.18 Å². The lowest BCUT2D eigenvalue weighted by Gasteiger charge is -2.25. The van der Waals surface area contributed by atoms with E-state index in [0.29, 0.717) is 5.56 Å². The molecule has 0 aliphatic carbocycles. The third kappa shape index (κ3) is 6.93. The lowest BCUT2D eigenvalue weighted by atomic mass is 9.95. The second kappa shape index (κ2) is 12.8. The molecule has 4 aromatic rings. The van der Waals surface area contributed by atoms with Crippen molar-refractivity contribution in [2.75, 3.05) is 23.8 Å². The van der Waals surface area contributed by atoms with Crippen LogP contribution in [0.15, 0.2) is 65.1 Å². The zero-order chi connectivity index (χ0) is 32.4. The van der Waals surface area contributed by atoms with Crippen LogP contribution < -0.4 is 9.62 Å². The summed E-state index contributed by atoms with van der Waals surface area (Å²) in [6.07, 6.45) is -3.83. The summed E-state index contributed by atoms with van der Waals surface area (Å²) in [5.41, 5.74) is 0.982. The van der Waals surface area contributed by atoms with Crippen LogP contribution >= 0.6 is 0 Å². The molecule has 1 atom stereocenters. The number of anilines is 1. The Balaban J connectivity index is 2.00. The number of furan rings is 1. The number of fused-ring (bicyclic) bond motifs is 1. The summed E-state index contributed by atoms with van der Waals surface area (Å²) in [6.45, 7) is 1.36. The summed E-state index contributed by atoms with van der Waals surface area (Å²) in [5.74, 6) is -1.73. The fourth-order valence-corrected chi connectivity index (χ4v) is 5.66. The number of rotatable bonds is 11. The zero-order valence-corrected chi connectivity index (χ0v) is 24.8. The number of Topliss-reactive ketones (excluding diaryl/α,β-unsaturated/α-hetero) is 1. The molecule has 13 heteroatoms. The highest BCUT2D eigenvalue weighted by molar-refractivity contribution is 7.92. The van der Waals surface area contributed by atoms with Crippen LogP contribution in [0.3, 0.4) is 0 Å². The Hall–Kier alpha value is -4.26. The average Bonchev–Trinajstić information content (AvgIpc) is 3.34. The first-order valence-electron chi connectivity index (χ1n) is 13.6. The van der Waals surface area contributed by atoms with Gasteiger partial charge in [-0.15, -0.1) is 0 Å². The summed E-state index contributed by atoms with van der Waals surface area (Å²) in [6, 6.07) is 11.5. The van der Waals surface area contributed by atoms with Crippen molar-refractivity contribution in [1.29, 1.82) is 0 Å². The number of carbonyl (C=O) groups is 2. The van der Waals surface area contributed by atoms with Gasteiger partial charge in [0.1, 0.15) is 23.2 Å². The molecule has 0 saturated carbocycles. The Morgan fingerprint density at radius 3 is 2.30 bits per heavy atom. The molecule has 1 heterocycles. The van der Waals surface area contributed by atoms with Gasteiger partial charge in [0.25, 0.3) is 5.91 Å². The molecule has 0 spiro atoms. The third-order valence-electron chi connectivity index (χ3n) is 6.95. The Labute approximate surface area is 250 Å². The summed E-state index contributed by atoms with van der Waals surface area (Å²) >= 11 is 0. The molecule has 234 valence electrons. The van der Waals surface area contributed by atoms with Crippen molar-refractivity contribution < 1.29 is 44.4 Å². The van der Waals surface area contributed by atoms with Crippen molar-refractivity contribution in [3.05, 3.63) is 77.6 Å². The largest absolute Gasteiger partial charge is 0.455 e. The monoisotopic (exact) mass is 636 g/mol. The van der Waals surface area contributed by atoms with Gasteiger partial charge in [-0.3, -0.25) is 18.3 Å². The maximum absolute atomic E-state index is 13.7. The number of nitrogens with zero attached hydrogens (tertiary/aromatic N) is 1. The molecule has 0 fully saturated rings. The molecule has 0 bridgehead atoms. The van der Waals surface area contributed by atoms with E-state index >= 15 is 0 Å². The van der Waals surface area contributed by atoms with Gasteiger partial charge in [-0.25, -0.2) is 12.8 Å². The molecule has 0 unspecified atom stereocenters. The number of carbonyl (C=O) groups excluding carboxylic acids is 2. The van der Waals surface area contributed by atoms with Crippen LogP contribution in [0, 0.1) is 5.82 Å². The summed E-state index contributed by atoms with van der Waals surface area (Å²) < 4.78 is 99.1. The van der Waals surface area contributed by atoms with Crippen LogP contribution in [0.5, 0.6) is 0 Å². The van der Waals surface area contributed by atoms with Crippen molar-refractivity contribution in [3.63, 3.8) is 0 Å². The highest BCUT2D eigenvalue weighted by atomic mass is 32.2. The van der Waals surface area contributed by atoms with Crippen LogP contribution in [0.4, 0.5) is 27.6 Å². The highest BCUT2D eigenvalue weighted by Gasteiger charge is 2.37. The maximum atomic E-state index is 13.7. The first-order chi connectivity index (χ1) is 20.6. The number of alkyl halides is 4. The van der Waals surface area contributed by atoms with E-state index in [1.54, 1.807) is 6.92 Å². The van der Waals surface area contributed by atoms with E-state index in [4.69, 9.17) is 4.42 Å². The number of halogens is 5. The second-order valence-corrected chi connectivity index (χ2v) is 12.1. The minimum Gasteiger partial charge on any atom is -0.455 e. The lowest BCUT2D eigenvalue weighted by molar-refractivity contribution is -0.149. The Morgan fingerprint density at radius 1 is 1.02 bits per heavy atom. The number of hydrogen-bond acceptors (Lipinski definition) is 5. The Morgan fingerprint density at radius 2 is 1.70 bits per heavy atom. The molecule has 0 aliphatic rings. The van der Waals surface area contributed by atoms with Gasteiger partial charge in [-0.2, -0.15) is 13.2 Å². The molecule has 1 aromatic heterocycles. The van der Waals surface area contributed by atoms with Gasteiger partial charge in [0.15, 0.2) is 5.78 Å². The molecular weight excluding hydrogens is 607 g/mol. The molecule has 1 N–H and O–H groups in total. The molecular formula is C31H29F5N2O5S. The number of nitrogens with one attached hydrogen (secondary N) is 1. The van der Waals surface area contributed by atoms with E-state index < -0.39 is 40.6 Å². The second-order valence-electron chi connectivity index (χ2n) is 10.2. The summed E-state index contributed by atoms with van der Waals surface area (Å²) in [7, 11) is -4.02. The zero-order valence-electron chi connectivity index (χ0n) is 24.0. The SMILES string of the molecule is CCC(=O)c1c(-c2ccc(F)cc2)oc2cc(N(CCCF)S(C)(=O)=O)c(-c3cccc(C(=O)N[C@H](C)C(F)(F)F)c3)cc12. The van der Waals surface area contributed by atoms with Crippen molar-refractivity contribution in [1.82, 2.24) is 5.32 Å². The first-order valence-corrected chi connectivity index (χ1v) is 15.4. The van der Waals surface area contributed by atoms with Crippen molar-refractivity contribution >= 4 is 38.4 Å². The summed E-state index contributed by atoms with van der Waals surface area (Å²) in [5, 5.41) is 2.18. The molecule has 1 amide bonds. The molecule has 7 nitrogen and oxygen atoms in total. The van der Waals surface area contributed by atoms with E-state index in [-0.39, 0.29) is 69.8 Å². The predicted molar refractivity (Wildman–Crippen MR) is 157 cm³/mol. The highest BCUT2D eigenvalue weighted by Crippen LogP contribution is 2.42. The first kappa shape index (κ1) is 32.6. The van der Waals surface area contributed by atoms with Crippen LogP contribution in [0.2, 0.25) is 0 Å². The summed E-state index contributed by atoms with van der Waals surface area (Å²) in [4.78, 5) is 26.0. The fraction of sp³-hybridized carbons (Fsp3) is 0.290. The quantitative estimate of drug-likeness (QED) is 0.138. The van der Waals surface area contributed by atoms with Crippen molar-refractivity contribution in [2.45, 2.75) is 38.9 Å². The standard InChI is InChI=1S/C31H29F5N2O5S/c1-4-26(39)28-24-16-23(20-7-5-8-21(15-20)30(40)37-18(2)31(34,35)36)25(38(14-6-13-32)44(3,41)42)17-27(24)43-29(28)19-9-11-22(33)12-10-19/h5,7-12,15-18H,4,6,13-14H2,1-3H3,(H,37,40)/t18-/m1/s1. The van der Waals surface area contributed by atoms with Gasteiger partial charge in [0.05, 0.1) is 24.2 Å². The van der Waals surface area contributed by atoms with Crippen molar-refractivity contribution in [2.24, 2.45) is 0 Å². The molecule has 3 aromatic carbocycles. The van der Waals surface area contributed by atoms with Crippen LogP contribution in [-0.4, -0.2) is 51.8 Å². The molecule has 44 heavy (non-hydrogen) atoms. The van der Waals surface area contributed by atoms with Gasteiger partial charge in [-0.05, 0) is 61.4 Å². The van der Waals surface area contributed by atoms with E-state index in [1.807, 2.05) is 5.32 Å². The van der Waals surface area contributed by atoms with Gasteiger partial charge in [-0.1, -0.05) is 19.1 Å². The van der Waals surface area contributed by atoms with Crippen LogP contribution in [0.1, 0.15) is 47.4 Å². The smallest absolute Gasteiger partial charge is 0.408 e. The van der Waals surface area contributed by atoms with Crippen LogP contribution in [-0.2, 0) is 10.0 Å². The molecule has 4 rings (SSSR count). The van der Waals surface area contributed by atoms with E-state index in [1.165, 1.54) is 60.7 Å². The minimum atomic E-state index is -4.68. The molecule has 0 saturated heterocycles. The maximum Gasteiger partial charge on any atom is 0.408 e. The molecule has 0 radical (unpaired) electrons. The topological polar surface area (TPSA) is 96.7 Å². The minimum absolute atomic E-state index is 0.0320. The lowest BCUT2D eigenvalue weighted by Crippen LogP contribution is -2.43. The normalized spacial score (nSPS) is 12.7. The number of benzene rings is 3. The number of sulfonamides is 1. The van der Waals surface area contributed by atoms with Crippen molar-refractivity contribution in [3.8, 4) is 22.5 Å². The van der Waals surface area contributed by atoms with Crippen LogP contribution in [0.25, 0.3) is 33.4 Å². The van der Waals surface area contributed by atoms with E-state index in [2.05, 4.69) is 0 Å². The predicted octanol–water partition coefficient (Wildman–Crippen LogP) is 7.30. The Kier molecular flexibility index (Phi) is 9.47. The van der Waals surface area contributed by atoms with Gasteiger partial charge in [0, 0.05) is 41.1 Å². The Bertz CT molecular complexity index is 1800. The number of amides is 1. The van der Waals surface area contributed by atoms with Gasteiger partial charge in [0.2, 0.25) is 10.0 Å². The van der Waals surface area contributed by atoms with Gasteiger partial charge < -0.3 is 9.73 Å².